The summed E-state index contributed by atoms with van der Waals surface area (Å²) in [5, 5.41) is 0. The summed E-state index contributed by atoms with van der Waals surface area (Å²) in [5.41, 5.74) is 2.03. The molecule has 0 saturated heterocycles. The molecule has 2 aromatic rings. The zero-order chi connectivity index (χ0) is 18.4. The van der Waals surface area contributed by atoms with Crippen LogP contribution in [0.15, 0.2) is 48.5 Å². The predicted octanol–water partition coefficient (Wildman–Crippen LogP) is 3.49. The summed E-state index contributed by atoms with van der Waals surface area (Å²) in [6, 6.07) is 14.1. The molecule has 4 nitrogen and oxygen atoms in total. The number of carbonyl (C=O) groups is 1. The number of amides is 1. The lowest BCUT2D eigenvalue weighted by molar-refractivity contribution is -0.131. The zero-order valence-electron chi connectivity index (χ0n) is 15.2. The molecule has 0 saturated carbocycles. The fourth-order valence-electron chi connectivity index (χ4n) is 2.56. The highest BCUT2D eigenvalue weighted by Crippen LogP contribution is 2.19. The van der Waals surface area contributed by atoms with Crippen molar-refractivity contribution in [3.05, 3.63) is 65.5 Å². The maximum atomic E-state index is 13.0. The molecule has 1 atom stereocenters. The Kier molecular flexibility index (Phi) is 6.53. The van der Waals surface area contributed by atoms with Gasteiger partial charge < -0.3 is 9.64 Å². The zero-order valence-corrected chi connectivity index (χ0v) is 15.2. The minimum absolute atomic E-state index is 0.0268. The van der Waals surface area contributed by atoms with E-state index in [1.165, 1.54) is 12.1 Å². The van der Waals surface area contributed by atoms with Gasteiger partial charge in [-0.2, -0.15) is 0 Å². The van der Waals surface area contributed by atoms with E-state index in [1.807, 2.05) is 43.1 Å². The highest BCUT2D eigenvalue weighted by atomic mass is 19.1. The van der Waals surface area contributed by atoms with Gasteiger partial charge in [-0.25, -0.2) is 4.39 Å². The van der Waals surface area contributed by atoms with Gasteiger partial charge in [-0.15, -0.1) is 0 Å². The molecule has 0 spiro atoms. The number of methoxy groups -OCH3 is 1. The molecular formula is C20H25FN2O2. The summed E-state index contributed by atoms with van der Waals surface area (Å²) in [7, 11) is 5.32. The van der Waals surface area contributed by atoms with E-state index in [2.05, 4.69) is 0 Å². The van der Waals surface area contributed by atoms with E-state index >= 15 is 0 Å². The van der Waals surface area contributed by atoms with E-state index in [1.54, 1.807) is 31.2 Å². The van der Waals surface area contributed by atoms with Crippen molar-refractivity contribution in [1.82, 2.24) is 9.80 Å². The van der Waals surface area contributed by atoms with Gasteiger partial charge in [0.1, 0.15) is 11.6 Å². The molecule has 2 rings (SSSR count). The van der Waals surface area contributed by atoms with Gasteiger partial charge >= 0.3 is 0 Å². The Hall–Kier alpha value is -2.40. The lowest BCUT2D eigenvalue weighted by Crippen LogP contribution is -2.37. The van der Waals surface area contributed by atoms with Crippen LogP contribution >= 0.6 is 0 Å². The van der Waals surface area contributed by atoms with E-state index in [0.717, 1.165) is 16.9 Å². The van der Waals surface area contributed by atoms with E-state index in [9.17, 15) is 9.18 Å². The van der Waals surface area contributed by atoms with Gasteiger partial charge in [0, 0.05) is 19.6 Å². The van der Waals surface area contributed by atoms with Crippen LogP contribution in [0.25, 0.3) is 0 Å². The minimum atomic E-state index is -0.256. The number of benzene rings is 2. The van der Waals surface area contributed by atoms with Crippen molar-refractivity contribution in [2.75, 3.05) is 27.7 Å². The number of rotatable bonds is 7. The van der Waals surface area contributed by atoms with Crippen LogP contribution in [0, 0.1) is 5.82 Å². The Morgan fingerprint density at radius 2 is 1.68 bits per heavy atom. The quantitative estimate of drug-likeness (QED) is 0.771. The van der Waals surface area contributed by atoms with Crippen LogP contribution < -0.4 is 4.74 Å². The number of halogens is 1. The van der Waals surface area contributed by atoms with Gasteiger partial charge in [0.15, 0.2) is 0 Å². The molecule has 0 aliphatic carbocycles. The summed E-state index contributed by atoms with van der Waals surface area (Å²) in [6.07, 6.45) is 0. The summed E-state index contributed by atoms with van der Waals surface area (Å²) in [5.74, 6) is 0.576. The second-order valence-electron chi connectivity index (χ2n) is 6.24. The molecule has 0 radical (unpaired) electrons. The van der Waals surface area contributed by atoms with Gasteiger partial charge in [0.25, 0.3) is 0 Å². The largest absolute Gasteiger partial charge is 0.497 e. The summed E-state index contributed by atoms with van der Waals surface area (Å²) < 4.78 is 18.2. The highest BCUT2D eigenvalue weighted by Gasteiger charge is 2.17. The Bertz CT molecular complexity index is 686. The normalized spacial score (nSPS) is 12.1. The molecule has 25 heavy (non-hydrogen) atoms. The third-order valence-electron chi connectivity index (χ3n) is 4.40. The van der Waals surface area contributed by atoms with Crippen molar-refractivity contribution in [1.29, 1.82) is 0 Å². The fraction of sp³-hybridized carbons (Fsp3) is 0.350. The molecule has 0 bridgehead atoms. The first-order valence-corrected chi connectivity index (χ1v) is 8.23. The maximum absolute atomic E-state index is 13.0. The topological polar surface area (TPSA) is 32.8 Å². The van der Waals surface area contributed by atoms with E-state index in [0.29, 0.717) is 13.1 Å². The van der Waals surface area contributed by atoms with Crippen molar-refractivity contribution in [2.24, 2.45) is 0 Å². The first kappa shape index (κ1) is 18.9. The van der Waals surface area contributed by atoms with Crippen LogP contribution in [0.4, 0.5) is 4.39 Å². The minimum Gasteiger partial charge on any atom is -0.497 e. The first-order chi connectivity index (χ1) is 11.9. The second-order valence-corrected chi connectivity index (χ2v) is 6.24. The van der Waals surface area contributed by atoms with E-state index < -0.39 is 0 Å². The molecular weight excluding hydrogens is 319 g/mol. The number of nitrogens with zero attached hydrogens (tertiary/aromatic N) is 2. The molecule has 1 unspecified atom stereocenters. The number of ether oxygens (including phenoxy) is 1. The molecule has 2 aromatic carbocycles. The third-order valence-corrected chi connectivity index (χ3v) is 4.40. The number of hydrogen-bond acceptors (Lipinski definition) is 3. The smallest absolute Gasteiger partial charge is 0.236 e. The standard InChI is InChI=1S/C20H25FN2O2/c1-15(17-7-9-18(21)10-8-17)22(2)14-20(24)23(3)13-16-5-11-19(25-4)12-6-16/h5-12,15H,13-14H2,1-4H3. The van der Waals surface area contributed by atoms with Crippen LogP contribution in [0.3, 0.4) is 0 Å². The van der Waals surface area contributed by atoms with Gasteiger partial charge in [0.2, 0.25) is 5.91 Å². The van der Waals surface area contributed by atoms with Crippen LogP contribution in [-0.2, 0) is 11.3 Å². The van der Waals surface area contributed by atoms with Crippen molar-refractivity contribution in [2.45, 2.75) is 19.5 Å². The second kappa shape index (κ2) is 8.62. The average molecular weight is 344 g/mol. The molecule has 0 aliphatic heterocycles. The monoisotopic (exact) mass is 344 g/mol. The Labute approximate surface area is 148 Å². The molecule has 134 valence electrons. The Morgan fingerprint density at radius 1 is 1.08 bits per heavy atom. The maximum Gasteiger partial charge on any atom is 0.236 e. The molecule has 5 heteroatoms. The molecule has 0 fully saturated rings. The summed E-state index contributed by atoms with van der Waals surface area (Å²) >= 11 is 0. The molecule has 0 aromatic heterocycles. The lowest BCUT2D eigenvalue weighted by atomic mass is 10.1. The average Bonchev–Trinajstić information content (AvgIpc) is 2.62. The van der Waals surface area contributed by atoms with Gasteiger partial charge in [-0.1, -0.05) is 24.3 Å². The van der Waals surface area contributed by atoms with E-state index in [4.69, 9.17) is 4.74 Å². The van der Waals surface area contributed by atoms with Crippen molar-refractivity contribution in [3.63, 3.8) is 0 Å². The molecule has 0 aliphatic rings. The lowest BCUT2D eigenvalue weighted by Gasteiger charge is -2.27. The van der Waals surface area contributed by atoms with Crippen molar-refractivity contribution in [3.8, 4) is 5.75 Å². The van der Waals surface area contributed by atoms with Crippen LogP contribution in [0.2, 0.25) is 0 Å². The predicted molar refractivity (Wildman–Crippen MR) is 96.9 cm³/mol. The fourth-order valence-corrected chi connectivity index (χ4v) is 2.56. The molecule has 1 amide bonds. The van der Waals surface area contributed by atoms with Crippen LogP contribution in [-0.4, -0.2) is 43.5 Å². The van der Waals surface area contributed by atoms with E-state index in [-0.39, 0.29) is 17.8 Å². The SMILES string of the molecule is COc1ccc(CN(C)C(=O)CN(C)C(C)c2ccc(F)cc2)cc1. The Morgan fingerprint density at radius 3 is 2.24 bits per heavy atom. The number of hydrogen-bond donors (Lipinski definition) is 0. The summed E-state index contributed by atoms with van der Waals surface area (Å²) in [6.45, 7) is 2.84. The number of carbonyl (C=O) groups excluding carboxylic acids is 1. The first-order valence-electron chi connectivity index (χ1n) is 8.23. The molecule has 0 N–H and O–H groups in total. The van der Waals surface area contributed by atoms with Gasteiger partial charge in [-0.05, 0) is 49.4 Å². The van der Waals surface area contributed by atoms with Gasteiger partial charge in [0.05, 0.1) is 13.7 Å². The van der Waals surface area contributed by atoms with Crippen LogP contribution in [0.5, 0.6) is 5.75 Å². The van der Waals surface area contributed by atoms with Crippen LogP contribution in [0.1, 0.15) is 24.1 Å². The van der Waals surface area contributed by atoms with Crippen molar-refractivity contribution >= 4 is 5.91 Å². The summed E-state index contributed by atoms with van der Waals surface area (Å²) in [4.78, 5) is 16.1. The highest BCUT2D eigenvalue weighted by molar-refractivity contribution is 5.78. The van der Waals surface area contributed by atoms with Crippen molar-refractivity contribution < 1.29 is 13.9 Å². The molecule has 0 heterocycles. The number of likely N-dealkylation sites (N-methyl/N-ethyl adjacent to an activating group) is 2. The third kappa shape index (κ3) is 5.29. The van der Waals surface area contributed by atoms with Gasteiger partial charge in [-0.3, -0.25) is 9.69 Å². The Balaban J connectivity index is 1.91.